The van der Waals surface area contributed by atoms with Crippen LogP contribution in [0.1, 0.15) is 15.9 Å². The lowest BCUT2D eigenvalue weighted by Crippen LogP contribution is -2.39. The number of fused-ring (bicyclic) bond motifs is 1. The highest BCUT2D eigenvalue weighted by atomic mass is 79.9. The number of benzene rings is 3. The summed E-state index contributed by atoms with van der Waals surface area (Å²) in [6.45, 7) is -0.375. The number of aromatic amines is 1. The topological polar surface area (TPSA) is 125 Å². The third kappa shape index (κ3) is 5.03. The molecule has 0 aliphatic rings. The highest BCUT2D eigenvalue weighted by Crippen LogP contribution is 2.31. The molecule has 0 fully saturated rings. The van der Waals surface area contributed by atoms with Gasteiger partial charge in [-0.3, -0.25) is 4.79 Å². The van der Waals surface area contributed by atoms with E-state index in [1.807, 2.05) is 30.5 Å². The SMILES string of the molecule is NC(=O)c1ccc(-c2ccc(Br)c(S(=O)(=O)N[C@@H](CO)Cc3c[nH]c4ccccc34)c2)cc1Cl. The second-order valence-corrected chi connectivity index (χ2v) is 10.7. The van der Waals surface area contributed by atoms with Crippen LogP contribution >= 0.6 is 27.5 Å². The molecule has 10 heteroatoms. The Morgan fingerprint density at radius 1 is 1.12 bits per heavy atom. The number of halogens is 2. The minimum absolute atomic E-state index is 0.0116. The molecular formula is C24H21BrClN3O4S. The van der Waals surface area contributed by atoms with Crippen molar-refractivity contribution in [2.75, 3.05) is 6.61 Å². The third-order valence-corrected chi connectivity index (χ3v) is 8.30. The number of para-hydroxylation sites is 1. The van der Waals surface area contributed by atoms with E-state index in [0.29, 0.717) is 22.0 Å². The number of primary amides is 1. The number of rotatable bonds is 8. The molecule has 1 heterocycles. The number of amides is 1. The highest BCUT2D eigenvalue weighted by Gasteiger charge is 2.24. The number of nitrogens with two attached hydrogens (primary N) is 1. The van der Waals surface area contributed by atoms with Gasteiger partial charge in [-0.25, -0.2) is 13.1 Å². The fourth-order valence-corrected chi connectivity index (χ4v) is 6.27. The van der Waals surface area contributed by atoms with E-state index in [0.717, 1.165) is 16.5 Å². The molecule has 4 rings (SSSR count). The van der Waals surface area contributed by atoms with Crippen molar-refractivity contribution in [3.05, 3.63) is 87.5 Å². The first-order valence-electron chi connectivity index (χ1n) is 10.3. The van der Waals surface area contributed by atoms with Gasteiger partial charge in [-0.05, 0) is 69.4 Å². The van der Waals surface area contributed by atoms with Crippen molar-refractivity contribution in [2.45, 2.75) is 17.4 Å². The fourth-order valence-electron chi connectivity index (χ4n) is 3.78. The van der Waals surface area contributed by atoms with Gasteiger partial charge in [-0.2, -0.15) is 0 Å². The van der Waals surface area contributed by atoms with Crippen LogP contribution in [0, 0.1) is 0 Å². The van der Waals surface area contributed by atoms with E-state index in [2.05, 4.69) is 25.6 Å². The summed E-state index contributed by atoms with van der Waals surface area (Å²) in [4.78, 5) is 14.6. The zero-order valence-corrected chi connectivity index (χ0v) is 20.9. The van der Waals surface area contributed by atoms with Crippen molar-refractivity contribution < 1.29 is 18.3 Å². The predicted molar refractivity (Wildman–Crippen MR) is 136 cm³/mol. The molecule has 34 heavy (non-hydrogen) atoms. The summed E-state index contributed by atoms with van der Waals surface area (Å²) < 4.78 is 29.5. The summed E-state index contributed by atoms with van der Waals surface area (Å²) >= 11 is 9.48. The first-order valence-corrected chi connectivity index (χ1v) is 12.9. The molecule has 176 valence electrons. The smallest absolute Gasteiger partial charge is 0.250 e. The average molecular weight is 563 g/mol. The van der Waals surface area contributed by atoms with E-state index in [4.69, 9.17) is 17.3 Å². The van der Waals surface area contributed by atoms with Crippen LogP contribution in [0.2, 0.25) is 5.02 Å². The standard InChI is InChI=1S/C24H21BrClN3O4S/c25-20-8-6-15(14-5-7-19(24(27)31)21(26)10-14)11-23(20)34(32,33)29-17(13-30)9-16-12-28-22-4-2-1-3-18(16)22/h1-8,10-12,17,28-30H,9,13H2,(H2,27,31)/t17-/m1/s1. The Balaban J connectivity index is 1.62. The Hall–Kier alpha value is -2.69. The fraction of sp³-hybridized carbons (Fsp3) is 0.125. The molecular weight excluding hydrogens is 542 g/mol. The second kappa shape index (κ2) is 9.89. The summed E-state index contributed by atoms with van der Waals surface area (Å²) in [7, 11) is -4.00. The molecule has 7 nitrogen and oxygen atoms in total. The van der Waals surface area contributed by atoms with E-state index in [-0.39, 0.29) is 22.1 Å². The Labute approximate surface area is 210 Å². The van der Waals surface area contributed by atoms with Crippen LogP contribution in [-0.2, 0) is 16.4 Å². The largest absolute Gasteiger partial charge is 0.395 e. The molecule has 1 atom stereocenters. The quantitative estimate of drug-likeness (QED) is 0.256. The molecule has 5 N–H and O–H groups in total. The van der Waals surface area contributed by atoms with Gasteiger partial charge in [0.1, 0.15) is 0 Å². The minimum Gasteiger partial charge on any atom is -0.395 e. The van der Waals surface area contributed by atoms with Crippen LogP contribution in [0.4, 0.5) is 0 Å². The van der Waals surface area contributed by atoms with Crippen LogP contribution in [-0.4, -0.2) is 37.1 Å². The van der Waals surface area contributed by atoms with Gasteiger partial charge in [0.25, 0.3) is 0 Å². The van der Waals surface area contributed by atoms with Crippen LogP contribution in [0.25, 0.3) is 22.0 Å². The van der Waals surface area contributed by atoms with Crippen LogP contribution in [0.15, 0.2) is 76.2 Å². The molecule has 0 spiro atoms. The number of carbonyl (C=O) groups excluding carboxylic acids is 1. The number of aliphatic hydroxyl groups is 1. The number of carbonyl (C=O) groups is 1. The Morgan fingerprint density at radius 3 is 2.53 bits per heavy atom. The number of nitrogens with one attached hydrogen (secondary N) is 2. The van der Waals surface area contributed by atoms with Crippen molar-refractivity contribution in [3.63, 3.8) is 0 Å². The van der Waals surface area contributed by atoms with E-state index >= 15 is 0 Å². The van der Waals surface area contributed by atoms with Crippen molar-refractivity contribution in [1.29, 1.82) is 0 Å². The van der Waals surface area contributed by atoms with E-state index in [9.17, 15) is 18.3 Å². The number of hydrogen-bond acceptors (Lipinski definition) is 4. The Kier molecular flexibility index (Phi) is 7.11. The summed E-state index contributed by atoms with van der Waals surface area (Å²) in [6.07, 6.45) is 2.12. The van der Waals surface area contributed by atoms with Gasteiger partial charge in [-0.1, -0.05) is 41.9 Å². The van der Waals surface area contributed by atoms with Crippen molar-refractivity contribution >= 4 is 54.4 Å². The van der Waals surface area contributed by atoms with Gasteiger partial charge < -0.3 is 15.8 Å². The van der Waals surface area contributed by atoms with Gasteiger partial charge in [0.2, 0.25) is 15.9 Å². The molecule has 0 saturated heterocycles. The van der Waals surface area contributed by atoms with Gasteiger partial charge in [-0.15, -0.1) is 0 Å². The van der Waals surface area contributed by atoms with Crippen molar-refractivity contribution in [1.82, 2.24) is 9.71 Å². The monoisotopic (exact) mass is 561 g/mol. The lowest BCUT2D eigenvalue weighted by molar-refractivity contribution is 0.100. The first kappa shape index (κ1) is 24.4. The van der Waals surface area contributed by atoms with Crippen molar-refractivity contribution in [3.8, 4) is 11.1 Å². The molecule has 4 aromatic rings. The average Bonchev–Trinajstić information content (AvgIpc) is 3.21. The van der Waals surface area contributed by atoms with Gasteiger partial charge in [0.15, 0.2) is 0 Å². The number of sulfonamides is 1. The Morgan fingerprint density at radius 2 is 1.82 bits per heavy atom. The van der Waals surface area contributed by atoms with E-state index < -0.39 is 22.0 Å². The summed E-state index contributed by atoms with van der Waals surface area (Å²) in [6, 6.07) is 16.5. The maximum absolute atomic E-state index is 13.3. The van der Waals surface area contributed by atoms with Gasteiger partial charge in [0, 0.05) is 27.6 Å². The molecule has 0 aliphatic heterocycles. The van der Waals surface area contributed by atoms with E-state index in [1.54, 1.807) is 24.3 Å². The molecule has 0 unspecified atom stereocenters. The highest BCUT2D eigenvalue weighted by molar-refractivity contribution is 9.10. The molecule has 0 aliphatic carbocycles. The molecule has 0 bridgehead atoms. The number of H-pyrrole nitrogens is 1. The number of hydrogen-bond donors (Lipinski definition) is 4. The zero-order valence-electron chi connectivity index (χ0n) is 17.8. The maximum atomic E-state index is 13.3. The summed E-state index contributed by atoms with van der Waals surface area (Å²) in [5.41, 5.74) is 8.52. The van der Waals surface area contributed by atoms with Crippen molar-refractivity contribution in [2.24, 2.45) is 5.73 Å². The third-order valence-electron chi connectivity index (χ3n) is 5.47. The minimum atomic E-state index is -4.00. The molecule has 1 amide bonds. The van der Waals surface area contributed by atoms with Gasteiger partial charge >= 0.3 is 0 Å². The second-order valence-electron chi connectivity index (χ2n) is 7.77. The number of aromatic nitrogens is 1. The normalized spacial score (nSPS) is 12.7. The molecule has 3 aromatic carbocycles. The van der Waals surface area contributed by atoms with Crippen LogP contribution in [0.5, 0.6) is 0 Å². The molecule has 0 saturated carbocycles. The molecule has 1 aromatic heterocycles. The lowest BCUT2D eigenvalue weighted by Gasteiger charge is -2.18. The van der Waals surface area contributed by atoms with Crippen LogP contribution in [0.3, 0.4) is 0 Å². The summed E-state index contributed by atoms with van der Waals surface area (Å²) in [5, 5.41) is 11.1. The lowest BCUT2D eigenvalue weighted by atomic mass is 10.0. The van der Waals surface area contributed by atoms with Gasteiger partial charge in [0.05, 0.1) is 22.1 Å². The summed E-state index contributed by atoms with van der Waals surface area (Å²) in [5.74, 6) is -0.648. The van der Waals surface area contributed by atoms with E-state index in [1.165, 1.54) is 12.1 Å². The Bertz CT molecular complexity index is 1490. The number of aliphatic hydroxyl groups excluding tert-OH is 1. The van der Waals surface area contributed by atoms with Crippen LogP contribution < -0.4 is 10.5 Å². The first-order chi connectivity index (χ1) is 16.2. The molecule has 0 radical (unpaired) electrons. The predicted octanol–water partition coefficient (Wildman–Crippen LogP) is 4.23. The maximum Gasteiger partial charge on any atom is 0.250 e. The zero-order chi connectivity index (χ0) is 24.5.